The second-order valence-electron chi connectivity index (χ2n) is 13.2. The number of carboxylic acid groups (broad SMARTS) is 1. The fourth-order valence-electron chi connectivity index (χ4n) is 10.4. The summed E-state index contributed by atoms with van der Waals surface area (Å²) in [6.45, 7) is 3.98. The van der Waals surface area contributed by atoms with Crippen molar-refractivity contribution in [2.45, 2.75) is 70.0 Å². The Hall–Kier alpha value is -2.20. The van der Waals surface area contributed by atoms with Crippen LogP contribution in [0.4, 0.5) is 0 Å². The number of hydrogen-bond acceptors (Lipinski definition) is 6. The van der Waals surface area contributed by atoms with E-state index in [9.17, 15) is 20.1 Å². The highest BCUT2D eigenvalue weighted by molar-refractivity contribution is 5.92. The Bertz CT molecular complexity index is 1160. The highest BCUT2D eigenvalue weighted by Gasteiger charge is 2.82. The van der Waals surface area contributed by atoms with Crippen molar-refractivity contribution in [3.8, 4) is 0 Å². The van der Waals surface area contributed by atoms with Crippen molar-refractivity contribution in [3.05, 3.63) is 35.6 Å². The first-order chi connectivity index (χ1) is 19.2. The van der Waals surface area contributed by atoms with Gasteiger partial charge < -0.3 is 36.0 Å². The summed E-state index contributed by atoms with van der Waals surface area (Å²) in [6.07, 6.45) is 16.6. The Morgan fingerprint density at radius 1 is 1.23 bits per heavy atom. The standard InChI is InChI=1S/C31H46N4O5/c1-20-8-9-21-16-23-25(26(37)38)29(39,19-40-22-6-4-3-5-7-22)24-10-11-28(17-34-13-15-36)12-14-35(27(32)33-2)18-30(21,28)31(20,23)24/h10-12,14,20-22,24,34,36,39H,3-9,13,15-19H2,1-2H3,(H2,32,33)(H,37,38)/t20-,21-,24-,28-,29+,30-,31+/m1/s1. The van der Waals surface area contributed by atoms with Gasteiger partial charge in [-0.3, -0.25) is 4.99 Å². The quantitative estimate of drug-likeness (QED) is 0.133. The number of rotatable bonds is 8. The number of guanidine groups is 1. The molecule has 2 bridgehead atoms. The van der Waals surface area contributed by atoms with E-state index in [0.29, 0.717) is 32.0 Å². The van der Waals surface area contributed by atoms with E-state index in [1.54, 1.807) is 7.05 Å². The van der Waals surface area contributed by atoms with Gasteiger partial charge in [0.1, 0.15) is 5.60 Å². The number of hydrogen-bond donors (Lipinski definition) is 5. The van der Waals surface area contributed by atoms with E-state index < -0.39 is 33.7 Å². The molecule has 0 aromatic heterocycles. The van der Waals surface area contributed by atoms with Crippen molar-refractivity contribution >= 4 is 11.9 Å². The van der Waals surface area contributed by atoms with Crippen LogP contribution in [0.2, 0.25) is 0 Å². The molecule has 6 N–H and O–H groups in total. The molecule has 3 saturated carbocycles. The van der Waals surface area contributed by atoms with Crippen LogP contribution in [-0.4, -0.2) is 83.7 Å². The Kier molecular flexibility index (Phi) is 6.96. The van der Waals surface area contributed by atoms with Crippen LogP contribution in [0.15, 0.2) is 40.6 Å². The van der Waals surface area contributed by atoms with Gasteiger partial charge >= 0.3 is 5.97 Å². The number of ether oxygens (including phenoxy) is 1. The second kappa shape index (κ2) is 9.96. The van der Waals surface area contributed by atoms with Crippen LogP contribution in [0.5, 0.6) is 0 Å². The number of aliphatic imine (C=N–C) groups is 1. The van der Waals surface area contributed by atoms with E-state index in [-0.39, 0.29) is 36.7 Å². The number of aliphatic hydroxyl groups is 2. The zero-order valence-corrected chi connectivity index (χ0v) is 23.9. The van der Waals surface area contributed by atoms with Crippen LogP contribution >= 0.6 is 0 Å². The number of aliphatic hydroxyl groups excluding tert-OH is 1. The predicted molar refractivity (Wildman–Crippen MR) is 152 cm³/mol. The fraction of sp³-hybridized carbons (Fsp3) is 0.742. The molecular formula is C31H46N4O5. The van der Waals surface area contributed by atoms with Crippen LogP contribution in [0.1, 0.15) is 58.3 Å². The molecule has 3 fully saturated rings. The summed E-state index contributed by atoms with van der Waals surface area (Å²) >= 11 is 0. The summed E-state index contributed by atoms with van der Waals surface area (Å²) < 4.78 is 6.41. The monoisotopic (exact) mass is 554 g/mol. The van der Waals surface area contributed by atoms with E-state index in [2.05, 4.69) is 35.5 Å². The molecule has 0 amide bonds. The van der Waals surface area contributed by atoms with Gasteiger partial charge in [-0.1, -0.05) is 44.4 Å². The molecule has 1 aliphatic heterocycles. The average molecular weight is 555 g/mol. The first-order valence-corrected chi connectivity index (χ1v) is 15.2. The minimum atomic E-state index is -1.61. The predicted octanol–water partition coefficient (Wildman–Crippen LogP) is 2.41. The summed E-state index contributed by atoms with van der Waals surface area (Å²) in [5.41, 5.74) is 4.48. The highest BCUT2D eigenvalue weighted by atomic mass is 16.5. The molecule has 0 unspecified atom stereocenters. The molecule has 220 valence electrons. The molecule has 2 spiro atoms. The van der Waals surface area contributed by atoms with Gasteiger partial charge in [0.05, 0.1) is 24.9 Å². The molecule has 9 nitrogen and oxygen atoms in total. The average Bonchev–Trinajstić information content (AvgIpc) is 3.30. The van der Waals surface area contributed by atoms with Crippen molar-refractivity contribution in [2.24, 2.45) is 44.7 Å². The molecule has 1 heterocycles. The van der Waals surface area contributed by atoms with E-state index in [0.717, 1.165) is 44.1 Å². The van der Waals surface area contributed by atoms with Crippen LogP contribution in [-0.2, 0) is 9.53 Å². The van der Waals surface area contributed by atoms with Crippen molar-refractivity contribution in [3.63, 3.8) is 0 Å². The Labute approximate surface area is 237 Å². The number of aliphatic carboxylic acids is 1. The van der Waals surface area contributed by atoms with Crippen LogP contribution in [0.3, 0.4) is 0 Å². The lowest BCUT2D eigenvalue weighted by molar-refractivity contribution is -0.179. The Balaban J connectivity index is 1.55. The molecule has 0 aromatic carbocycles. The first kappa shape index (κ1) is 27.9. The number of allylic oxidation sites excluding steroid dienone is 1. The SMILES string of the molecule is CN=C(N)N1C=C[C@@]2(CNCCO)C=C[C@H]3[C@@]45C(=C(C(=O)O)[C@]3(O)COC3CCCCC3)C[C@@H](CC[C@H]4C)[C@]25C1. The lowest BCUT2D eigenvalue weighted by Gasteiger charge is -2.68. The Morgan fingerprint density at radius 3 is 2.70 bits per heavy atom. The smallest absolute Gasteiger partial charge is 0.334 e. The molecule has 7 atom stereocenters. The highest BCUT2D eigenvalue weighted by Crippen LogP contribution is 2.82. The maximum atomic E-state index is 13.2. The summed E-state index contributed by atoms with van der Waals surface area (Å²) in [7, 11) is 1.69. The number of nitrogens with zero attached hydrogens (tertiary/aromatic N) is 2. The number of nitrogens with two attached hydrogens (primary N) is 1. The molecule has 0 aromatic rings. The van der Waals surface area contributed by atoms with Crippen molar-refractivity contribution in [1.82, 2.24) is 10.2 Å². The maximum Gasteiger partial charge on any atom is 0.334 e. The third-order valence-corrected chi connectivity index (χ3v) is 11.8. The van der Waals surface area contributed by atoms with Gasteiger partial charge in [0.2, 0.25) is 0 Å². The van der Waals surface area contributed by atoms with Crippen LogP contribution in [0, 0.1) is 34.0 Å². The molecule has 6 rings (SSSR count). The molecular weight excluding hydrogens is 508 g/mol. The van der Waals surface area contributed by atoms with Crippen molar-refractivity contribution < 1.29 is 24.9 Å². The van der Waals surface area contributed by atoms with Gasteiger partial charge in [-0.25, -0.2) is 4.79 Å². The number of nitrogens with one attached hydrogen (secondary N) is 1. The van der Waals surface area contributed by atoms with Gasteiger partial charge in [0, 0.05) is 55.0 Å². The summed E-state index contributed by atoms with van der Waals surface area (Å²) in [5, 5.41) is 36.5. The third kappa shape index (κ3) is 3.47. The molecule has 40 heavy (non-hydrogen) atoms. The zero-order valence-electron chi connectivity index (χ0n) is 23.9. The molecule has 9 heteroatoms. The van der Waals surface area contributed by atoms with E-state index in [1.165, 1.54) is 6.42 Å². The molecule has 6 aliphatic rings. The normalized spacial score (nSPS) is 42.4. The largest absolute Gasteiger partial charge is 0.478 e. The molecule has 0 radical (unpaired) electrons. The molecule has 0 saturated heterocycles. The van der Waals surface area contributed by atoms with Gasteiger partial charge in [0.15, 0.2) is 5.96 Å². The van der Waals surface area contributed by atoms with Gasteiger partial charge in [0.25, 0.3) is 0 Å². The minimum absolute atomic E-state index is 0.000889. The third-order valence-electron chi connectivity index (χ3n) is 11.8. The summed E-state index contributed by atoms with van der Waals surface area (Å²) in [5.74, 6) is -0.639. The maximum absolute atomic E-state index is 13.2. The van der Waals surface area contributed by atoms with Crippen molar-refractivity contribution in [1.29, 1.82) is 0 Å². The number of carbonyl (C=O) groups is 1. The van der Waals surface area contributed by atoms with Gasteiger partial charge in [-0.2, -0.15) is 0 Å². The van der Waals surface area contributed by atoms with Gasteiger partial charge in [-0.15, -0.1) is 0 Å². The van der Waals surface area contributed by atoms with Crippen LogP contribution in [0.25, 0.3) is 0 Å². The Morgan fingerprint density at radius 2 is 2.00 bits per heavy atom. The van der Waals surface area contributed by atoms with E-state index in [4.69, 9.17) is 10.5 Å². The zero-order chi connectivity index (χ0) is 28.3. The lowest BCUT2D eigenvalue weighted by Crippen LogP contribution is -2.70. The van der Waals surface area contributed by atoms with E-state index >= 15 is 0 Å². The van der Waals surface area contributed by atoms with E-state index in [1.807, 2.05) is 11.1 Å². The topological polar surface area (TPSA) is 141 Å². The summed E-state index contributed by atoms with van der Waals surface area (Å²) in [4.78, 5) is 19.5. The fourth-order valence-corrected chi connectivity index (χ4v) is 10.4. The minimum Gasteiger partial charge on any atom is -0.478 e. The second-order valence-corrected chi connectivity index (χ2v) is 13.2. The number of carboxylic acids is 1. The van der Waals surface area contributed by atoms with Crippen molar-refractivity contribution in [2.75, 3.05) is 39.9 Å². The lowest BCUT2D eigenvalue weighted by atomic mass is 9.37. The van der Waals surface area contributed by atoms with Crippen LogP contribution < -0.4 is 11.1 Å². The first-order valence-electron chi connectivity index (χ1n) is 15.2. The van der Waals surface area contributed by atoms with Gasteiger partial charge in [-0.05, 0) is 49.5 Å². The molecule has 5 aliphatic carbocycles. The summed E-state index contributed by atoms with van der Waals surface area (Å²) in [6, 6.07) is 0.